The molecule has 0 amide bonds. The molecule has 5 heteroatoms. The number of dihydropyridines is 1. The molecule has 0 saturated carbocycles. The second-order valence-corrected chi connectivity index (χ2v) is 6.29. The Morgan fingerprint density at radius 3 is 2.73 bits per heavy atom. The summed E-state index contributed by atoms with van der Waals surface area (Å²) in [5.74, 6) is 1.15. The molecule has 1 unspecified atom stereocenters. The van der Waals surface area contributed by atoms with Crippen molar-refractivity contribution in [2.24, 2.45) is 0 Å². The number of nitrogens with zero attached hydrogens (tertiary/aromatic N) is 2. The van der Waals surface area contributed by atoms with Crippen molar-refractivity contribution in [2.45, 2.75) is 18.8 Å². The molecule has 1 aliphatic heterocycles. The van der Waals surface area contributed by atoms with E-state index in [0.29, 0.717) is 11.5 Å². The van der Waals surface area contributed by atoms with Gasteiger partial charge in [-0.15, -0.1) is 0 Å². The van der Waals surface area contributed by atoms with Gasteiger partial charge in [0.1, 0.15) is 17.4 Å². The van der Waals surface area contributed by atoms with Crippen molar-refractivity contribution in [1.29, 1.82) is 5.26 Å². The van der Waals surface area contributed by atoms with Crippen LogP contribution in [0, 0.1) is 11.3 Å². The maximum absolute atomic E-state index is 9.78. The normalized spacial score (nSPS) is 18.4. The van der Waals surface area contributed by atoms with Gasteiger partial charge in [0, 0.05) is 17.5 Å². The average molecular weight is 345 g/mol. The molecule has 1 atom stereocenters. The second-order valence-electron chi connectivity index (χ2n) is 6.29. The number of aryl methyl sites for hydroxylation is 1. The van der Waals surface area contributed by atoms with Gasteiger partial charge in [0.05, 0.1) is 25.8 Å². The molecule has 2 heterocycles. The Labute approximate surface area is 152 Å². The topological polar surface area (TPSA) is 67.2 Å². The lowest BCUT2D eigenvalue weighted by atomic mass is 9.77. The highest BCUT2D eigenvalue weighted by atomic mass is 16.5. The predicted molar refractivity (Wildman–Crippen MR) is 98.0 cm³/mol. The molecule has 0 saturated heterocycles. The van der Waals surface area contributed by atoms with E-state index in [4.69, 9.17) is 9.47 Å². The van der Waals surface area contributed by atoms with Gasteiger partial charge in [-0.3, -0.25) is 4.98 Å². The molecule has 4 rings (SSSR count). The molecule has 0 fully saturated rings. The van der Waals surface area contributed by atoms with Crippen LogP contribution in [-0.2, 0) is 11.2 Å². The van der Waals surface area contributed by atoms with Crippen LogP contribution >= 0.6 is 0 Å². The van der Waals surface area contributed by atoms with Crippen LogP contribution in [0.15, 0.2) is 59.6 Å². The van der Waals surface area contributed by atoms with Crippen molar-refractivity contribution in [3.8, 4) is 11.8 Å². The van der Waals surface area contributed by atoms with Gasteiger partial charge in [-0.05, 0) is 54.3 Å². The van der Waals surface area contributed by atoms with E-state index in [9.17, 15) is 5.26 Å². The molecular formula is C21H19N3O2. The van der Waals surface area contributed by atoms with Crippen LogP contribution in [0.4, 0.5) is 0 Å². The quantitative estimate of drug-likeness (QED) is 0.922. The summed E-state index contributed by atoms with van der Waals surface area (Å²) in [6.07, 6.45) is 3.52. The van der Waals surface area contributed by atoms with Crippen LogP contribution in [0.25, 0.3) is 5.70 Å². The third kappa shape index (κ3) is 2.51. The Kier molecular flexibility index (Phi) is 4.10. The fourth-order valence-corrected chi connectivity index (χ4v) is 3.79. The monoisotopic (exact) mass is 345 g/mol. The first-order chi connectivity index (χ1) is 12.8. The molecule has 0 bridgehead atoms. The van der Waals surface area contributed by atoms with E-state index in [1.807, 2.05) is 24.3 Å². The van der Waals surface area contributed by atoms with Gasteiger partial charge in [0.15, 0.2) is 0 Å². The predicted octanol–water partition coefficient (Wildman–Crippen LogP) is 3.52. The fraction of sp³-hybridized carbons (Fsp3) is 0.238. The minimum atomic E-state index is -0.192. The Bertz CT molecular complexity index is 955. The highest BCUT2D eigenvalue weighted by Crippen LogP contribution is 2.45. The third-order valence-corrected chi connectivity index (χ3v) is 4.99. The molecule has 1 aromatic carbocycles. The standard InChI is InChI=1S/C21H19N3O2/c1-25-14-7-9-15-13(11-14)6-8-16-19(18-5-3-4-10-23-18)17(12-22)21(26-2)24-20(15)16/h3-5,7,9-11,19,24H,6,8H2,1-2H3. The van der Waals surface area contributed by atoms with Crippen LogP contribution in [0.2, 0.25) is 0 Å². The molecular weight excluding hydrogens is 326 g/mol. The van der Waals surface area contributed by atoms with Crippen LogP contribution in [0.3, 0.4) is 0 Å². The van der Waals surface area contributed by atoms with Crippen molar-refractivity contribution < 1.29 is 9.47 Å². The summed E-state index contributed by atoms with van der Waals surface area (Å²) >= 11 is 0. The van der Waals surface area contributed by atoms with E-state index in [1.165, 1.54) is 11.1 Å². The van der Waals surface area contributed by atoms with E-state index in [-0.39, 0.29) is 5.92 Å². The summed E-state index contributed by atoms with van der Waals surface area (Å²) in [6.45, 7) is 0. The first-order valence-electron chi connectivity index (χ1n) is 8.53. The van der Waals surface area contributed by atoms with Crippen molar-refractivity contribution in [3.05, 3.63) is 76.4 Å². The number of nitrogens with one attached hydrogen (secondary N) is 1. The van der Waals surface area contributed by atoms with Crippen LogP contribution in [0.1, 0.15) is 29.2 Å². The molecule has 0 radical (unpaired) electrons. The minimum absolute atomic E-state index is 0.192. The van der Waals surface area contributed by atoms with Crippen molar-refractivity contribution in [3.63, 3.8) is 0 Å². The number of aromatic nitrogens is 1. The summed E-state index contributed by atoms with van der Waals surface area (Å²) in [6, 6.07) is 14.2. The molecule has 1 aliphatic carbocycles. The smallest absolute Gasteiger partial charge is 0.206 e. The molecule has 2 aliphatic rings. The number of hydrogen-bond acceptors (Lipinski definition) is 5. The Morgan fingerprint density at radius 2 is 2.04 bits per heavy atom. The molecule has 130 valence electrons. The second kappa shape index (κ2) is 6.57. The van der Waals surface area contributed by atoms with Crippen molar-refractivity contribution in [1.82, 2.24) is 10.3 Å². The number of ether oxygens (including phenoxy) is 2. The molecule has 5 nitrogen and oxygen atoms in total. The number of nitriles is 1. The number of benzene rings is 1. The van der Waals surface area contributed by atoms with Gasteiger partial charge in [0.2, 0.25) is 5.88 Å². The molecule has 2 aromatic rings. The van der Waals surface area contributed by atoms with E-state index in [0.717, 1.165) is 35.5 Å². The number of pyridine rings is 1. The maximum Gasteiger partial charge on any atom is 0.206 e. The fourth-order valence-electron chi connectivity index (χ4n) is 3.79. The van der Waals surface area contributed by atoms with Gasteiger partial charge in [-0.1, -0.05) is 6.07 Å². The first-order valence-corrected chi connectivity index (χ1v) is 8.53. The summed E-state index contributed by atoms with van der Waals surface area (Å²) in [5, 5.41) is 13.1. The first kappa shape index (κ1) is 16.2. The van der Waals surface area contributed by atoms with E-state index >= 15 is 0 Å². The summed E-state index contributed by atoms with van der Waals surface area (Å²) in [7, 11) is 3.26. The lowest BCUT2D eigenvalue weighted by Gasteiger charge is -2.34. The third-order valence-electron chi connectivity index (χ3n) is 4.99. The minimum Gasteiger partial charge on any atom is -0.497 e. The van der Waals surface area contributed by atoms with E-state index in [1.54, 1.807) is 20.4 Å². The Morgan fingerprint density at radius 1 is 1.15 bits per heavy atom. The summed E-state index contributed by atoms with van der Waals surface area (Å²) in [5.41, 5.74) is 5.98. The zero-order chi connectivity index (χ0) is 18.1. The van der Waals surface area contributed by atoms with Crippen molar-refractivity contribution >= 4 is 5.70 Å². The average Bonchev–Trinajstić information content (AvgIpc) is 2.72. The highest BCUT2D eigenvalue weighted by Gasteiger charge is 2.36. The largest absolute Gasteiger partial charge is 0.497 e. The molecule has 0 spiro atoms. The highest BCUT2D eigenvalue weighted by molar-refractivity contribution is 5.77. The number of fused-ring (bicyclic) bond motifs is 2. The van der Waals surface area contributed by atoms with Gasteiger partial charge in [-0.25, -0.2) is 0 Å². The SMILES string of the molecule is COC1=C(C#N)C(c2ccccn2)C2=C(N1)c1ccc(OC)cc1CC2. The van der Waals surface area contributed by atoms with Crippen LogP contribution in [0.5, 0.6) is 5.75 Å². The van der Waals surface area contributed by atoms with Gasteiger partial charge in [0.25, 0.3) is 0 Å². The summed E-state index contributed by atoms with van der Waals surface area (Å²) in [4.78, 5) is 4.52. The number of allylic oxidation sites excluding steroid dienone is 2. The zero-order valence-electron chi connectivity index (χ0n) is 14.7. The van der Waals surface area contributed by atoms with Gasteiger partial charge >= 0.3 is 0 Å². The number of hydrogen-bond donors (Lipinski definition) is 1. The van der Waals surface area contributed by atoms with Crippen molar-refractivity contribution in [2.75, 3.05) is 14.2 Å². The lowest BCUT2D eigenvalue weighted by molar-refractivity contribution is 0.266. The van der Waals surface area contributed by atoms with E-state index in [2.05, 4.69) is 28.5 Å². The zero-order valence-corrected chi connectivity index (χ0v) is 14.7. The number of methoxy groups -OCH3 is 2. The van der Waals surface area contributed by atoms with Crippen LogP contribution in [-0.4, -0.2) is 19.2 Å². The molecule has 26 heavy (non-hydrogen) atoms. The van der Waals surface area contributed by atoms with Crippen LogP contribution < -0.4 is 10.1 Å². The van der Waals surface area contributed by atoms with Gasteiger partial charge < -0.3 is 14.8 Å². The lowest BCUT2D eigenvalue weighted by Crippen LogP contribution is -2.29. The molecule has 1 aromatic heterocycles. The van der Waals surface area contributed by atoms with Gasteiger partial charge in [-0.2, -0.15) is 5.26 Å². The Hall–Kier alpha value is -3.26. The molecule has 1 N–H and O–H groups in total. The Balaban J connectivity index is 1.90. The number of rotatable bonds is 3. The maximum atomic E-state index is 9.78. The van der Waals surface area contributed by atoms with E-state index < -0.39 is 0 Å². The summed E-state index contributed by atoms with van der Waals surface area (Å²) < 4.78 is 10.9.